The number of rotatable bonds is 4. The van der Waals surface area contributed by atoms with Crippen LogP contribution in [0.3, 0.4) is 0 Å². The van der Waals surface area contributed by atoms with Gasteiger partial charge >= 0.3 is 0 Å². The average Bonchev–Trinajstić information content (AvgIpc) is 3.11. The number of amides is 1. The van der Waals surface area contributed by atoms with Crippen molar-refractivity contribution in [2.24, 2.45) is 11.1 Å². The Morgan fingerprint density at radius 3 is 2.57 bits per heavy atom. The molecule has 2 aliphatic heterocycles. The summed E-state index contributed by atoms with van der Waals surface area (Å²) in [7, 11) is 0. The van der Waals surface area contributed by atoms with Crippen molar-refractivity contribution in [2.45, 2.75) is 26.2 Å². The largest absolute Gasteiger partial charge is 0.381 e. The SMILES string of the molecule is CCc1nsc(N2CCN(C(=O)C3(CN)CCOCC3)CC2)n1. The summed E-state index contributed by atoms with van der Waals surface area (Å²) in [6.45, 7) is 6.79. The summed E-state index contributed by atoms with van der Waals surface area (Å²) in [6, 6.07) is 0. The lowest BCUT2D eigenvalue weighted by Gasteiger charge is -2.42. The normalized spacial score (nSPS) is 21.5. The van der Waals surface area contributed by atoms with Gasteiger partial charge in [0.2, 0.25) is 11.0 Å². The van der Waals surface area contributed by atoms with Crippen molar-refractivity contribution < 1.29 is 9.53 Å². The first-order valence-corrected chi connectivity index (χ1v) is 9.10. The number of nitrogens with zero attached hydrogens (tertiary/aromatic N) is 4. The summed E-state index contributed by atoms with van der Waals surface area (Å²) in [5.74, 6) is 1.10. The van der Waals surface area contributed by atoms with Crippen LogP contribution in [-0.2, 0) is 16.0 Å². The zero-order valence-corrected chi connectivity index (χ0v) is 14.5. The zero-order chi connectivity index (χ0) is 16.3. The molecule has 0 saturated carbocycles. The van der Waals surface area contributed by atoms with Crippen LogP contribution in [0.15, 0.2) is 0 Å². The van der Waals surface area contributed by atoms with Crippen molar-refractivity contribution >= 4 is 22.6 Å². The minimum Gasteiger partial charge on any atom is -0.381 e. The van der Waals surface area contributed by atoms with Crippen LogP contribution >= 0.6 is 11.5 Å². The van der Waals surface area contributed by atoms with E-state index in [0.717, 1.165) is 56.4 Å². The fourth-order valence-corrected chi connectivity index (χ4v) is 4.02. The van der Waals surface area contributed by atoms with E-state index in [0.29, 0.717) is 19.8 Å². The first kappa shape index (κ1) is 16.6. The molecule has 2 fully saturated rings. The van der Waals surface area contributed by atoms with E-state index in [1.54, 1.807) is 0 Å². The molecule has 0 atom stereocenters. The Hall–Kier alpha value is -1.25. The van der Waals surface area contributed by atoms with Crippen molar-refractivity contribution in [3.8, 4) is 0 Å². The Morgan fingerprint density at radius 1 is 1.30 bits per heavy atom. The van der Waals surface area contributed by atoms with Gasteiger partial charge in [-0.25, -0.2) is 4.98 Å². The quantitative estimate of drug-likeness (QED) is 0.860. The van der Waals surface area contributed by atoms with E-state index in [-0.39, 0.29) is 5.91 Å². The molecule has 0 bridgehead atoms. The summed E-state index contributed by atoms with van der Waals surface area (Å²) >= 11 is 1.45. The molecule has 8 heteroatoms. The maximum atomic E-state index is 12.9. The van der Waals surface area contributed by atoms with Crippen molar-refractivity contribution in [2.75, 3.05) is 50.8 Å². The Kier molecular flexibility index (Phi) is 5.13. The number of aryl methyl sites for hydroxylation is 1. The molecule has 3 rings (SSSR count). The highest BCUT2D eigenvalue weighted by atomic mass is 32.1. The van der Waals surface area contributed by atoms with Crippen LogP contribution in [0.4, 0.5) is 5.13 Å². The van der Waals surface area contributed by atoms with Crippen LogP contribution in [0, 0.1) is 5.41 Å². The van der Waals surface area contributed by atoms with E-state index >= 15 is 0 Å². The lowest BCUT2D eigenvalue weighted by atomic mass is 9.78. The maximum absolute atomic E-state index is 12.9. The number of piperazine rings is 1. The zero-order valence-electron chi connectivity index (χ0n) is 13.7. The molecular formula is C15H25N5O2S. The fraction of sp³-hybridized carbons (Fsp3) is 0.800. The lowest BCUT2D eigenvalue weighted by Crippen LogP contribution is -2.56. The standard InChI is InChI=1S/C15H25N5O2S/c1-2-12-17-14(23-18-12)20-7-5-19(6-8-20)13(21)15(11-16)3-9-22-10-4-15/h2-11,16H2,1H3. The van der Waals surface area contributed by atoms with Crippen molar-refractivity contribution in [3.05, 3.63) is 5.82 Å². The molecule has 23 heavy (non-hydrogen) atoms. The minimum absolute atomic E-state index is 0.203. The lowest BCUT2D eigenvalue weighted by molar-refractivity contribution is -0.147. The van der Waals surface area contributed by atoms with Gasteiger partial charge in [-0.05, 0) is 12.8 Å². The first-order chi connectivity index (χ1) is 11.2. The summed E-state index contributed by atoms with van der Waals surface area (Å²) in [5, 5.41) is 0.966. The van der Waals surface area contributed by atoms with Crippen LogP contribution in [0.1, 0.15) is 25.6 Å². The number of ether oxygens (including phenoxy) is 1. The van der Waals surface area contributed by atoms with E-state index in [1.807, 2.05) is 4.90 Å². The third kappa shape index (κ3) is 3.34. The van der Waals surface area contributed by atoms with Gasteiger partial charge in [-0.15, -0.1) is 0 Å². The molecule has 2 saturated heterocycles. The topological polar surface area (TPSA) is 84.6 Å². The third-order valence-electron chi connectivity index (χ3n) is 4.91. The van der Waals surface area contributed by atoms with E-state index in [2.05, 4.69) is 21.2 Å². The number of aromatic nitrogens is 2. The molecule has 128 valence electrons. The fourth-order valence-electron chi connectivity index (χ4n) is 3.22. The number of nitrogens with two attached hydrogens (primary N) is 1. The average molecular weight is 339 g/mol. The van der Waals surface area contributed by atoms with Gasteiger partial charge in [0.15, 0.2) is 0 Å². The monoisotopic (exact) mass is 339 g/mol. The van der Waals surface area contributed by atoms with Crippen LogP contribution in [0.5, 0.6) is 0 Å². The molecule has 7 nitrogen and oxygen atoms in total. The van der Waals surface area contributed by atoms with Crippen molar-refractivity contribution in [3.63, 3.8) is 0 Å². The highest BCUT2D eigenvalue weighted by Crippen LogP contribution is 2.32. The van der Waals surface area contributed by atoms with Crippen LogP contribution in [-0.4, -0.2) is 66.1 Å². The van der Waals surface area contributed by atoms with Crippen LogP contribution in [0.2, 0.25) is 0 Å². The van der Waals surface area contributed by atoms with Gasteiger partial charge in [-0.1, -0.05) is 6.92 Å². The molecule has 3 heterocycles. The molecule has 0 radical (unpaired) electrons. The van der Waals surface area contributed by atoms with E-state index in [1.165, 1.54) is 11.5 Å². The second-order valence-electron chi connectivity index (χ2n) is 6.22. The van der Waals surface area contributed by atoms with Crippen LogP contribution < -0.4 is 10.6 Å². The summed E-state index contributed by atoms with van der Waals surface area (Å²) in [5.41, 5.74) is 5.53. The Labute approximate surface area is 141 Å². The Morgan fingerprint density at radius 2 is 2.00 bits per heavy atom. The molecule has 0 unspecified atom stereocenters. The van der Waals surface area contributed by atoms with Gasteiger partial charge in [0.05, 0.1) is 5.41 Å². The highest BCUT2D eigenvalue weighted by molar-refractivity contribution is 7.09. The van der Waals surface area contributed by atoms with Crippen molar-refractivity contribution in [1.29, 1.82) is 0 Å². The number of hydrogen-bond donors (Lipinski definition) is 1. The number of hydrogen-bond acceptors (Lipinski definition) is 7. The third-order valence-corrected chi connectivity index (χ3v) is 5.72. The molecule has 0 aliphatic carbocycles. The molecule has 1 aromatic rings. The predicted molar refractivity (Wildman–Crippen MR) is 89.6 cm³/mol. The first-order valence-electron chi connectivity index (χ1n) is 8.33. The number of anilines is 1. The second kappa shape index (κ2) is 7.11. The maximum Gasteiger partial charge on any atom is 0.230 e. The molecule has 1 aromatic heterocycles. The minimum atomic E-state index is -0.418. The van der Waals surface area contributed by atoms with Crippen LogP contribution in [0.25, 0.3) is 0 Å². The van der Waals surface area contributed by atoms with E-state index < -0.39 is 5.41 Å². The Balaban J connectivity index is 1.60. The predicted octanol–water partition coefficient (Wildman–Crippen LogP) is 0.505. The summed E-state index contributed by atoms with van der Waals surface area (Å²) in [4.78, 5) is 21.7. The molecule has 0 aromatic carbocycles. The van der Waals surface area contributed by atoms with Gasteiger partial charge < -0.3 is 20.3 Å². The highest BCUT2D eigenvalue weighted by Gasteiger charge is 2.42. The number of carbonyl (C=O) groups is 1. The van der Waals surface area contributed by atoms with Gasteiger partial charge in [0.1, 0.15) is 5.82 Å². The molecule has 2 aliphatic rings. The molecule has 1 amide bonds. The molecule has 2 N–H and O–H groups in total. The summed E-state index contributed by atoms with van der Waals surface area (Å²) < 4.78 is 9.74. The molecular weight excluding hydrogens is 314 g/mol. The van der Waals surface area contributed by atoms with E-state index in [4.69, 9.17) is 10.5 Å². The molecule has 0 spiro atoms. The van der Waals surface area contributed by atoms with Gasteiger partial charge in [0, 0.05) is 63.9 Å². The summed E-state index contributed by atoms with van der Waals surface area (Å²) in [6.07, 6.45) is 2.33. The number of carbonyl (C=O) groups excluding carboxylic acids is 1. The Bertz CT molecular complexity index is 536. The van der Waals surface area contributed by atoms with Crippen molar-refractivity contribution in [1.82, 2.24) is 14.3 Å². The van der Waals surface area contributed by atoms with Gasteiger partial charge in [0.25, 0.3) is 0 Å². The van der Waals surface area contributed by atoms with E-state index in [9.17, 15) is 4.79 Å². The smallest absolute Gasteiger partial charge is 0.230 e. The second-order valence-corrected chi connectivity index (χ2v) is 6.95. The van der Waals surface area contributed by atoms with Gasteiger partial charge in [-0.3, -0.25) is 4.79 Å². The van der Waals surface area contributed by atoms with Gasteiger partial charge in [-0.2, -0.15) is 4.37 Å².